The molecule has 2 bridgehead atoms. The van der Waals surface area contributed by atoms with Gasteiger partial charge in [-0.1, -0.05) is 35.6 Å². The maximum absolute atomic E-state index is 13.6. The van der Waals surface area contributed by atoms with E-state index in [1.165, 1.54) is 25.4 Å². The molecule has 35 heavy (non-hydrogen) atoms. The Labute approximate surface area is 204 Å². The Kier molecular flexibility index (Phi) is 5.47. The first kappa shape index (κ1) is 22.9. The van der Waals surface area contributed by atoms with Crippen LogP contribution in [0.5, 0.6) is 17.2 Å². The molecule has 1 amide bonds. The molecule has 0 aliphatic carbocycles. The third-order valence-corrected chi connectivity index (χ3v) is 7.16. The number of methoxy groups -OCH3 is 1. The predicted molar refractivity (Wildman–Crippen MR) is 128 cm³/mol. The van der Waals surface area contributed by atoms with Gasteiger partial charge in [-0.05, 0) is 43.7 Å². The molecule has 0 fully saturated rings. The first-order valence-electron chi connectivity index (χ1n) is 10.9. The molecular formula is C25H23N3O6S. The Morgan fingerprint density at radius 2 is 2.03 bits per heavy atom. The molecule has 0 unspecified atom stereocenters. The minimum Gasteiger partial charge on any atom is -0.493 e. The molecule has 180 valence electrons. The van der Waals surface area contributed by atoms with Gasteiger partial charge in [-0.15, -0.1) is 0 Å². The molecule has 0 radical (unpaired) electrons. The van der Waals surface area contributed by atoms with Crippen molar-refractivity contribution in [3.63, 3.8) is 0 Å². The molecule has 2 aromatic carbocycles. The van der Waals surface area contributed by atoms with E-state index >= 15 is 0 Å². The average Bonchev–Trinajstić information content (AvgIpc) is 3.10. The zero-order valence-electron chi connectivity index (χ0n) is 19.3. The Morgan fingerprint density at radius 1 is 1.26 bits per heavy atom. The van der Waals surface area contributed by atoms with Crippen molar-refractivity contribution in [1.82, 2.24) is 4.57 Å². The zero-order valence-corrected chi connectivity index (χ0v) is 20.1. The van der Waals surface area contributed by atoms with Gasteiger partial charge in [-0.25, -0.2) is 4.99 Å². The molecule has 2 aliphatic heterocycles. The fraction of sp³-hybridized carbons (Fsp3) is 0.280. The van der Waals surface area contributed by atoms with E-state index in [0.717, 1.165) is 5.56 Å². The molecule has 0 saturated carbocycles. The second-order valence-electron chi connectivity index (χ2n) is 8.57. The van der Waals surface area contributed by atoms with Crippen LogP contribution in [0.4, 0.5) is 0 Å². The normalized spacial score (nSPS) is 22.3. The number of amides is 1. The number of nitrogens with zero attached hydrogens (tertiary/aromatic N) is 2. The smallest absolute Gasteiger partial charge is 0.270 e. The van der Waals surface area contributed by atoms with Crippen LogP contribution < -0.4 is 34.8 Å². The lowest BCUT2D eigenvalue weighted by molar-refractivity contribution is -0.132. The maximum Gasteiger partial charge on any atom is 0.270 e. The first-order valence-corrected chi connectivity index (χ1v) is 11.7. The van der Waals surface area contributed by atoms with Gasteiger partial charge in [0.2, 0.25) is 5.72 Å². The monoisotopic (exact) mass is 493 g/mol. The summed E-state index contributed by atoms with van der Waals surface area (Å²) in [6.45, 7) is 2.98. The summed E-state index contributed by atoms with van der Waals surface area (Å²) in [6, 6.07) is 12.0. The summed E-state index contributed by atoms with van der Waals surface area (Å²) in [6.07, 6.45) is 1.71. The lowest BCUT2D eigenvalue weighted by Gasteiger charge is -2.45. The van der Waals surface area contributed by atoms with Gasteiger partial charge in [-0.2, -0.15) is 0 Å². The Hall–Kier alpha value is -3.92. The van der Waals surface area contributed by atoms with Crippen molar-refractivity contribution in [2.45, 2.75) is 25.6 Å². The van der Waals surface area contributed by atoms with Gasteiger partial charge < -0.3 is 19.9 Å². The summed E-state index contributed by atoms with van der Waals surface area (Å²) in [4.78, 5) is 42.7. The van der Waals surface area contributed by atoms with Gasteiger partial charge >= 0.3 is 0 Å². The molecule has 3 aromatic rings. The van der Waals surface area contributed by atoms with Gasteiger partial charge in [0.1, 0.15) is 17.5 Å². The van der Waals surface area contributed by atoms with Crippen LogP contribution in [0.3, 0.4) is 0 Å². The number of rotatable bonds is 6. The second kappa shape index (κ2) is 8.38. The first-order chi connectivity index (χ1) is 16.7. The highest BCUT2D eigenvalue weighted by Crippen LogP contribution is 2.47. The molecule has 2 aliphatic rings. The van der Waals surface area contributed by atoms with Gasteiger partial charge in [0.15, 0.2) is 22.9 Å². The number of ether oxygens (including phenoxy) is 3. The molecule has 3 atom stereocenters. The second-order valence-corrected chi connectivity index (χ2v) is 9.58. The summed E-state index contributed by atoms with van der Waals surface area (Å²) in [5, 5.41) is 0. The Bertz CT molecular complexity index is 1540. The van der Waals surface area contributed by atoms with Crippen LogP contribution in [0.2, 0.25) is 0 Å². The molecular weight excluding hydrogens is 470 g/mol. The van der Waals surface area contributed by atoms with Crippen LogP contribution in [0.15, 0.2) is 52.3 Å². The van der Waals surface area contributed by atoms with Crippen molar-refractivity contribution in [2.24, 2.45) is 16.6 Å². The van der Waals surface area contributed by atoms with Crippen molar-refractivity contribution in [1.29, 1.82) is 0 Å². The predicted octanol–water partition coefficient (Wildman–Crippen LogP) is 1.15. The largest absolute Gasteiger partial charge is 0.493 e. The van der Waals surface area contributed by atoms with Crippen molar-refractivity contribution in [3.05, 3.63) is 73.3 Å². The fourth-order valence-electron chi connectivity index (χ4n) is 4.75. The van der Waals surface area contributed by atoms with Gasteiger partial charge in [-0.3, -0.25) is 19.0 Å². The van der Waals surface area contributed by atoms with E-state index in [9.17, 15) is 14.4 Å². The third kappa shape index (κ3) is 3.79. The summed E-state index contributed by atoms with van der Waals surface area (Å²) in [5.74, 6) is 0.0152. The Morgan fingerprint density at radius 3 is 2.74 bits per heavy atom. The van der Waals surface area contributed by atoms with E-state index in [1.807, 2.05) is 24.3 Å². The summed E-state index contributed by atoms with van der Waals surface area (Å²) < 4.78 is 19.0. The molecule has 3 heterocycles. The number of benzene rings is 2. The number of carbonyl (C=O) groups excluding carboxylic acids is 2. The zero-order chi connectivity index (χ0) is 24.9. The number of aromatic nitrogens is 1. The highest BCUT2D eigenvalue weighted by atomic mass is 32.1. The van der Waals surface area contributed by atoms with E-state index in [1.54, 1.807) is 35.8 Å². The SMILES string of the molecule is COc1ccc(/C=c2\sc3n(c2=O)[C@@H]2c4ccccc4O[C@](C)(N=3)[C@@H]2C(C)=O)cc1OCC(N)=O. The minimum atomic E-state index is -1.12. The highest BCUT2D eigenvalue weighted by molar-refractivity contribution is 7.07. The van der Waals surface area contributed by atoms with Crippen LogP contribution in [0, 0.1) is 5.92 Å². The van der Waals surface area contributed by atoms with Crippen molar-refractivity contribution in [3.8, 4) is 17.2 Å². The number of hydrogen-bond acceptors (Lipinski definition) is 8. The van der Waals surface area contributed by atoms with E-state index in [-0.39, 0.29) is 17.9 Å². The molecule has 0 spiro atoms. The van der Waals surface area contributed by atoms with Crippen LogP contribution in [-0.4, -0.2) is 35.7 Å². The van der Waals surface area contributed by atoms with Crippen LogP contribution in [0.25, 0.3) is 6.08 Å². The van der Waals surface area contributed by atoms with Crippen LogP contribution in [-0.2, 0) is 9.59 Å². The molecule has 5 rings (SSSR count). The average molecular weight is 494 g/mol. The molecule has 10 heteroatoms. The highest BCUT2D eigenvalue weighted by Gasteiger charge is 2.53. The number of primary amides is 1. The lowest BCUT2D eigenvalue weighted by atomic mass is 9.79. The van der Waals surface area contributed by atoms with Gasteiger partial charge in [0, 0.05) is 5.56 Å². The van der Waals surface area contributed by atoms with E-state index < -0.39 is 23.6 Å². The van der Waals surface area contributed by atoms with E-state index in [4.69, 9.17) is 24.9 Å². The van der Waals surface area contributed by atoms with E-state index in [0.29, 0.717) is 32.1 Å². The van der Waals surface area contributed by atoms with Crippen LogP contribution >= 0.6 is 11.3 Å². The molecule has 2 N–H and O–H groups in total. The number of hydrogen-bond donors (Lipinski definition) is 1. The third-order valence-electron chi connectivity index (χ3n) is 6.17. The number of para-hydroxylation sites is 1. The molecule has 1 aromatic heterocycles. The minimum absolute atomic E-state index is 0.101. The van der Waals surface area contributed by atoms with Crippen LogP contribution in [0.1, 0.15) is 31.0 Å². The summed E-state index contributed by atoms with van der Waals surface area (Å²) in [5.41, 5.74) is 5.26. The Balaban J connectivity index is 1.67. The quantitative estimate of drug-likeness (QED) is 0.550. The van der Waals surface area contributed by atoms with Gasteiger partial charge in [0.05, 0.1) is 17.7 Å². The fourth-order valence-corrected chi connectivity index (χ4v) is 5.85. The van der Waals surface area contributed by atoms with Gasteiger partial charge in [0.25, 0.3) is 11.5 Å². The standard InChI is InChI=1S/C25H23N3O6S/c1-13(29)21-22-15-6-4-5-7-16(15)34-25(21,2)27-24-28(22)23(31)19(35-24)11-14-8-9-17(32-3)18(10-14)33-12-20(26)30/h4-11,21-22H,12H2,1-3H3,(H2,26,30)/b19-11-/t21-,22-,25+/m1/s1. The summed E-state index contributed by atoms with van der Waals surface area (Å²) >= 11 is 1.23. The van der Waals surface area contributed by atoms with Crippen molar-refractivity contribution >= 4 is 29.1 Å². The number of fused-ring (bicyclic) bond motifs is 6. The van der Waals surface area contributed by atoms with Crippen molar-refractivity contribution < 1.29 is 23.8 Å². The molecule has 9 nitrogen and oxygen atoms in total. The van der Waals surface area contributed by atoms with E-state index in [2.05, 4.69) is 0 Å². The number of thiazole rings is 1. The number of carbonyl (C=O) groups is 2. The lowest BCUT2D eigenvalue weighted by Crippen LogP contribution is -2.58. The maximum atomic E-state index is 13.6. The summed E-state index contributed by atoms with van der Waals surface area (Å²) in [7, 11) is 1.49. The topological polar surface area (TPSA) is 122 Å². The molecule has 0 saturated heterocycles. The number of nitrogens with two attached hydrogens (primary N) is 1. The number of Topliss-reactive ketones (excluding diaryl/α,β-unsaturated/α-hetero) is 1. The number of ketones is 1. The van der Waals surface area contributed by atoms with Crippen molar-refractivity contribution in [2.75, 3.05) is 13.7 Å².